The molecular formula is C12H16S2. The maximum Gasteiger partial charge on any atom is 0.0485 e. The Labute approximate surface area is 93.6 Å². The largest absolute Gasteiger partial charge is 0.143 e. The van der Waals surface area contributed by atoms with E-state index in [2.05, 4.69) is 30.7 Å². The summed E-state index contributed by atoms with van der Waals surface area (Å²) in [4.78, 5) is 0. The standard InChI is InChI=1S/C12H16S2/c1-3-4-5-9(2)10-8-14-11-6-7-13-12(10)11/h6-9H,3-5H2,1-2H3. The summed E-state index contributed by atoms with van der Waals surface area (Å²) in [5.41, 5.74) is 1.58. The van der Waals surface area contributed by atoms with Crippen LogP contribution in [0.15, 0.2) is 16.8 Å². The van der Waals surface area contributed by atoms with Crippen LogP contribution >= 0.6 is 22.7 Å². The molecule has 0 N–H and O–H groups in total. The fourth-order valence-electron chi connectivity index (χ4n) is 1.79. The molecule has 2 heterocycles. The number of thiophene rings is 2. The van der Waals surface area contributed by atoms with E-state index >= 15 is 0 Å². The van der Waals surface area contributed by atoms with Crippen molar-refractivity contribution in [3.05, 3.63) is 22.4 Å². The fourth-order valence-corrected chi connectivity index (χ4v) is 4.13. The molecule has 2 aromatic rings. The number of hydrogen-bond donors (Lipinski definition) is 0. The number of fused-ring (bicyclic) bond motifs is 1. The average Bonchev–Trinajstić information content (AvgIpc) is 2.74. The van der Waals surface area contributed by atoms with Crippen LogP contribution in [0.25, 0.3) is 9.40 Å². The van der Waals surface area contributed by atoms with Crippen molar-refractivity contribution in [1.82, 2.24) is 0 Å². The third kappa shape index (κ3) is 1.86. The van der Waals surface area contributed by atoms with Crippen LogP contribution in [-0.2, 0) is 0 Å². The third-order valence-corrected chi connectivity index (χ3v) is 4.78. The molecule has 2 aromatic heterocycles. The van der Waals surface area contributed by atoms with Crippen molar-refractivity contribution in [2.45, 2.75) is 39.0 Å². The molecule has 0 aromatic carbocycles. The van der Waals surface area contributed by atoms with Gasteiger partial charge in [0.2, 0.25) is 0 Å². The SMILES string of the molecule is CCCCC(C)c1csc2ccsc12. The predicted octanol–water partition coefficient (Wildman–Crippen LogP) is 5.26. The average molecular weight is 224 g/mol. The van der Waals surface area contributed by atoms with E-state index in [1.165, 1.54) is 28.7 Å². The van der Waals surface area contributed by atoms with Crippen molar-refractivity contribution in [3.63, 3.8) is 0 Å². The van der Waals surface area contributed by atoms with Crippen molar-refractivity contribution in [3.8, 4) is 0 Å². The Kier molecular flexibility index (Phi) is 3.24. The number of hydrogen-bond acceptors (Lipinski definition) is 2. The lowest BCUT2D eigenvalue weighted by Gasteiger charge is -2.08. The molecular weight excluding hydrogens is 208 g/mol. The lowest BCUT2D eigenvalue weighted by Crippen LogP contribution is -1.90. The first-order valence-electron chi connectivity index (χ1n) is 5.27. The molecule has 0 fully saturated rings. The molecule has 1 unspecified atom stereocenters. The summed E-state index contributed by atoms with van der Waals surface area (Å²) in [5, 5.41) is 4.55. The summed E-state index contributed by atoms with van der Waals surface area (Å²) in [5.74, 6) is 0.738. The van der Waals surface area contributed by atoms with E-state index in [1.54, 1.807) is 5.56 Å². The molecule has 0 saturated carbocycles. The predicted molar refractivity (Wildman–Crippen MR) is 67.6 cm³/mol. The van der Waals surface area contributed by atoms with Gasteiger partial charge in [-0.15, -0.1) is 22.7 Å². The molecule has 0 radical (unpaired) electrons. The second-order valence-corrected chi connectivity index (χ2v) is 5.68. The van der Waals surface area contributed by atoms with Crippen molar-refractivity contribution in [1.29, 1.82) is 0 Å². The molecule has 2 heteroatoms. The van der Waals surface area contributed by atoms with Gasteiger partial charge in [0.15, 0.2) is 0 Å². The lowest BCUT2D eigenvalue weighted by molar-refractivity contribution is 0.629. The van der Waals surface area contributed by atoms with Gasteiger partial charge in [-0.25, -0.2) is 0 Å². The first-order chi connectivity index (χ1) is 6.83. The maximum absolute atomic E-state index is 2.36. The molecule has 0 nitrogen and oxygen atoms in total. The van der Waals surface area contributed by atoms with Gasteiger partial charge in [0.05, 0.1) is 0 Å². The van der Waals surface area contributed by atoms with Crippen LogP contribution in [0.3, 0.4) is 0 Å². The third-order valence-electron chi connectivity index (χ3n) is 2.73. The van der Waals surface area contributed by atoms with Gasteiger partial charge in [0.25, 0.3) is 0 Å². The Morgan fingerprint density at radius 2 is 2.21 bits per heavy atom. The number of unbranched alkanes of at least 4 members (excludes halogenated alkanes) is 1. The van der Waals surface area contributed by atoms with Gasteiger partial charge < -0.3 is 0 Å². The van der Waals surface area contributed by atoms with Gasteiger partial charge in [-0.1, -0.05) is 26.7 Å². The highest BCUT2D eigenvalue weighted by molar-refractivity contribution is 7.26. The minimum Gasteiger partial charge on any atom is -0.143 e. The Hall–Kier alpha value is -0.340. The van der Waals surface area contributed by atoms with Gasteiger partial charge in [0, 0.05) is 9.40 Å². The van der Waals surface area contributed by atoms with Gasteiger partial charge in [-0.2, -0.15) is 0 Å². The van der Waals surface area contributed by atoms with Crippen LogP contribution in [0.4, 0.5) is 0 Å². The molecule has 76 valence electrons. The monoisotopic (exact) mass is 224 g/mol. The van der Waals surface area contributed by atoms with Crippen molar-refractivity contribution in [2.75, 3.05) is 0 Å². The zero-order valence-electron chi connectivity index (χ0n) is 8.75. The molecule has 0 spiro atoms. The van der Waals surface area contributed by atoms with Crippen LogP contribution in [0.2, 0.25) is 0 Å². The Bertz CT molecular complexity index is 397. The van der Waals surface area contributed by atoms with Crippen molar-refractivity contribution >= 4 is 32.1 Å². The fraction of sp³-hybridized carbons (Fsp3) is 0.500. The second-order valence-electron chi connectivity index (χ2n) is 3.85. The smallest absolute Gasteiger partial charge is 0.0485 e. The molecule has 1 atom stereocenters. The van der Waals surface area contributed by atoms with E-state index in [0.29, 0.717) is 0 Å². The second kappa shape index (κ2) is 4.45. The normalized spacial score (nSPS) is 13.6. The van der Waals surface area contributed by atoms with Crippen LogP contribution < -0.4 is 0 Å². The van der Waals surface area contributed by atoms with Crippen molar-refractivity contribution < 1.29 is 0 Å². The van der Waals surface area contributed by atoms with Gasteiger partial charge >= 0.3 is 0 Å². The summed E-state index contributed by atoms with van der Waals surface area (Å²) in [6.07, 6.45) is 3.99. The molecule has 2 rings (SSSR count). The van der Waals surface area contributed by atoms with Crippen LogP contribution in [0.5, 0.6) is 0 Å². The van der Waals surface area contributed by atoms with E-state index in [9.17, 15) is 0 Å². The first-order valence-corrected chi connectivity index (χ1v) is 7.03. The van der Waals surface area contributed by atoms with E-state index < -0.39 is 0 Å². The topological polar surface area (TPSA) is 0 Å². The highest BCUT2D eigenvalue weighted by atomic mass is 32.1. The number of rotatable bonds is 4. The van der Waals surface area contributed by atoms with E-state index in [1.807, 2.05) is 22.7 Å². The van der Waals surface area contributed by atoms with E-state index in [4.69, 9.17) is 0 Å². The van der Waals surface area contributed by atoms with E-state index in [-0.39, 0.29) is 0 Å². The minimum absolute atomic E-state index is 0.738. The quantitative estimate of drug-likeness (QED) is 0.665. The zero-order valence-corrected chi connectivity index (χ0v) is 10.4. The molecule has 0 saturated heterocycles. The van der Waals surface area contributed by atoms with Gasteiger partial charge in [-0.05, 0) is 34.7 Å². The molecule has 0 amide bonds. The summed E-state index contributed by atoms with van der Waals surface area (Å²) in [6.45, 7) is 4.62. The molecule has 0 aliphatic rings. The summed E-state index contributed by atoms with van der Waals surface area (Å²) < 4.78 is 2.99. The summed E-state index contributed by atoms with van der Waals surface area (Å²) >= 11 is 3.79. The van der Waals surface area contributed by atoms with Crippen LogP contribution in [0, 0.1) is 0 Å². The van der Waals surface area contributed by atoms with Gasteiger partial charge in [0.1, 0.15) is 0 Å². The van der Waals surface area contributed by atoms with Crippen LogP contribution in [-0.4, -0.2) is 0 Å². The Balaban J connectivity index is 2.20. The molecule has 0 bridgehead atoms. The van der Waals surface area contributed by atoms with Crippen molar-refractivity contribution in [2.24, 2.45) is 0 Å². The zero-order chi connectivity index (χ0) is 9.97. The van der Waals surface area contributed by atoms with Gasteiger partial charge in [-0.3, -0.25) is 0 Å². The minimum atomic E-state index is 0.738. The summed E-state index contributed by atoms with van der Waals surface area (Å²) in [7, 11) is 0. The first kappa shape index (κ1) is 10.2. The Morgan fingerprint density at radius 3 is 3.00 bits per heavy atom. The van der Waals surface area contributed by atoms with E-state index in [0.717, 1.165) is 5.92 Å². The highest BCUT2D eigenvalue weighted by Crippen LogP contribution is 2.36. The van der Waals surface area contributed by atoms with Crippen LogP contribution in [0.1, 0.15) is 44.6 Å². The molecule has 0 aliphatic heterocycles. The maximum atomic E-state index is 2.36. The molecule has 14 heavy (non-hydrogen) atoms. The lowest BCUT2D eigenvalue weighted by atomic mass is 9.98. The highest BCUT2D eigenvalue weighted by Gasteiger charge is 2.11. The Morgan fingerprint density at radius 1 is 1.36 bits per heavy atom. The summed E-state index contributed by atoms with van der Waals surface area (Å²) in [6, 6.07) is 2.24. The molecule has 0 aliphatic carbocycles.